The molecule has 3 aromatic rings. The number of benzene rings is 1. The Balaban J connectivity index is 1.24. The van der Waals surface area contributed by atoms with Crippen molar-refractivity contribution in [1.29, 1.82) is 0 Å². The highest BCUT2D eigenvalue weighted by Crippen LogP contribution is 2.38. The fourth-order valence-corrected chi connectivity index (χ4v) is 6.96. The van der Waals surface area contributed by atoms with E-state index in [2.05, 4.69) is 20.9 Å². The minimum atomic E-state index is -0.709. The molecule has 3 aliphatic rings. The zero-order valence-electron chi connectivity index (χ0n) is 25.0. The van der Waals surface area contributed by atoms with Gasteiger partial charge in [-0.3, -0.25) is 9.36 Å². The summed E-state index contributed by atoms with van der Waals surface area (Å²) in [5.74, 6) is 0.0407. The molecule has 0 spiro atoms. The van der Waals surface area contributed by atoms with Gasteiger partial charge in [0.05, 0.1) is 17.5 Å². The van der Waals surface area contributed by atoms with Gasteiger partial charge in [0.2, 0.25) is 17.8 Å². The summed E-state index contributed by atoms with van der Waals surface area (Å²) in [6.45, 7) is 6.90. The molecular formula is C31H42F2N8O2. The number of nitrogens with one attached hydrogen (secondary N) is 3. The smallest absolute Gasteiger partial charge is 0.225 e. The van der Waals surface area contributed by atoms with Crippen LogP contribution in [0.25, 0.3) is 11.2 Å². The number of imidazole rings is 1. The summed E-state index contributed by atoms with van der Waals surface area (Å²) in [7, 11) is 0. The largest absolute Gasteiger partial charge is 0.390 e. The summed E-state index contributed by atoms with van der Waals surface area (Å²) < 4.78 is 30.3. The summed E-state index contributed by atoms with van der Waals surface area (Å²) in [6.07, 6.45) is 8.35. The molecule has 0 radical (unpaired) electrons. The van der Waals surface area contributed by atoms with Gasteiger partial charge in [0, 0.05) is 50.2 Å². The van der Waals surface area contributed by atoms with Crippen LogP contribution in [0.3, 0.4) is 0 Å². The molecule has 1 aromatic carbocycles. The second-order valence-corrected chi connectivity index (χ2v) is 12.9. The first-order valence-corrected chi connectivity index (χ1v) is 15.6. The number of amides is 1. The number of carbonyl (C=O) groups is 1. The van der Waals surface area contributed by atoms with Crippen molar-refractivity contribution in [3.05, 3.63) is 36.0 Å². The average Bonchev–Trinajstić information content (AvgIpc) is 3.35. The Labute approximate surface area is 250 Å². The molecule has 232 valence electrons. The number of aliphatic hydroxyl groups is 1. The minimum absolute atomic E-state index is 0.00643. The first kappa shape index (κ1) is 29.7. The first-order valence-electron chi connectivity index (χ1n) is 15.6. The Morgan fingerprint density at radius 3 is 2.42 bits per heavy atom. The van der Waals surface area contributed by atoms with Crippen LogP contribution in [0.15, 0.2) is 24.4 Å². The van der Waals surface area contributed by atoms with Gasteiger partial charge in [-0.2, -0.15) is 4.98 Å². The number of fused-ring (bicyclic) bond motifs is 1. The van der Waals surface area contributed by atoms with Gasteiger partial charge >= 0.3 is 0 Å². The van der Waals surface area contributed by atoms with Crippen molar-refractivity contribution in [3.63, 3.8) is 0 Å². The molecule has 6 rings (SSSR count). The van der Waals surface area contributed by atoms with Crippen LogP contribution >= 0.6 is 0 Å². The second-order valence-electron chi connectivity index (χ2n) is 12.9. The Kier molecular flexibility index (Phi) is 8.50. The van der Waals surface area contributed by atoms with Crippen molar-refractivity contribution >= 4 is 34.7 Å². The maximum Gasteiger partial charge on any atom is 0.225 e. The molecule has 1 saturated heterocycles. The van der Waals surface area contributed by atoms with Crippen LogP contribution in [-0.4, -0.2) is 73.3 Å². The van der Waals surface area contributed by atoms with Crippen LogP contribution in [0.5, 0.6) is 0 Å². The molecule has 1 amide bonds. The Hall–Kier alpha value is -3.38. The van der Waals surface area contributed by atoms with Crippen LogP contribution < -0.4 is 16.0 Å². The van der Waals surface area contributed by atoms with Gasteiger partial charge in [-0.05, 0) is 83.3 Å². The third-order valence-corrected chi connectivity index (χ3v) is 9.51. The molecular weight excluding hydrogens is 554 g/mol. The number of halogens is 2. The zero-order valence-corrected chi connectivity index (χ0v) is 25.0. The van der Waals surface area contributed by atoms with Gasteiger partial charge < -0.3 is 26.0 Å². The van der Waals surface area contributed by atoms with Crippen molar-refractivity contribution in [3.8, 4) is 0 Å². The maximum absolute atomic E-state index is 14.7. The summed E-state index contributed by atoms with van der Waals surface area (Å²) in [5.41, 5.74) is 0.634. The molecule has 10 nitrogen and oxygen atoms in total. The molecule has 3 heterocycles. The third kappa shape index (κ3) is 6.59. The molecule has 1 aliphatic heterocycles. The number of hydrogen-bond acceptors (Lipinski definition) is 8. The normalized spacial score (nSPS) is 25.1. The number of aromatic nitrogens is 4. The van der Waals surface area contributed by atoms with E-state index in [0.29, 0.717) is 23.1 Å². The number of anilines is 3. The molecule has 2 aliphatic carbocycles. The molecule has 0 bridgehead atoms. The minimum Gasteiger partial charge on any atom is -0.390 e. The van der Waals surface area contributed by atoms with Crippen molar-refractivity contribution in [2.45, 2.75) is 82.9 Å². The van der Waals surface area contributed by atoms with Gasteiger partial charge in [-0.15, -0.1) is 0 Å². The highest BCUT2D eigenvalue weighted by molar-refractivity contribution is 5.79. The molecule has 2 saturated carbocycles. The number of nitrogens with zero attached hydrogens (tertiary/aromatic N) is 5. The predicted molar refractivity (Wildman–Crippen MR) is 161 cm³/mol. The van der Waals surface area contributed by atoms with E-state index in [1.165, 1.54) is 12.1 Å². The summed E-state index contributed by atoms with van der Waals surface area (Å²) >= 11 is 0. The van der Waals surface area contributed by atoms with E-state index in [1.807, 2.05) is 23.3 Å². The fraction of sp³-hybridized carbons (Fsp3) is 0.613. The fourth-order valence-electron chi connectivity index (χ4n) is 6.96. The van der Waals surface area contributed by atoms with Crippen LogP contribution in [0.2, 0.25) is 0 Å². The summed E-state index contributed by atoms with van der Waals surface area (Å²) in [6, 6.07) is 3.61. The van der Waals surface area contributed by atoms with Gasteiger partial charge in [0.25, 0.3) is 0 Å². The maximum atomic E-state index is 14.7. The molecule has 0 atom stereocenters. The monoisotopic (exact) mass is 596 g/mol. The quantitative estimate of drug-likeness (QED) is 0.309. The predicted octanol–water partition coefficient (Wildman–Crippen LogP) is 4.75. The molecule has 2 aromatic heterocycles. The number of hydrogen-bond donors (Lipinski definition) is 4. The lowest BCUT2D eigenvalue weighted by Gasteiger charge is -2.36. The van der Waals surface area contributed by atoms with Crippen LogP contribution in [-0.2, 0) is 4.79 Å². The Bertz CT molecular complexity index is 1440. The van der Waals surface area contributed by atoms with Gasteiger partial charge in [-0.25, -0.2) is 18.7 Å². The molecule has 4 N–H and O–H groups in total. The topological polar surface area (TPSA) is 120 Å². The number of carbonyl (C=O) groups excluding carboxylic acids is 1. The van der Waals surface area contributed by atoms with E-state index in [0.717, 1.165) is 83.6 Å². The van der Waals surface area contributed by atoms with E-state index in [4.69, 9.17) is 9.97 Å². The first-order chi connectivity index (χ1) is 20.7. The number of piperazine rings is 1. The Morgan fingerprint density at radius 2 is 1.74 bits per heavy atom. The second kappa shape index (κ2) is 12.3. The van der Waals surface area contributed by atoms with Crippen LogP contribution in [0, 0.1) is 23.5 Å². The van der Waals surface area contributed by atoms with E-state index >= 15 is 0 Å². The summed E-state index contributed by atoms with van der Waals surface area (Å²) in [5, 5.41) is 20.3. The molecule has 3 fully saturated rings. The van der Waals surface area contributed by atoms with Crippen molar-refractivity contribution in [2.75, 3.05) is 36.8 Å². The highest BCUT2D eigenvalue weighted by atomic mass is 19.1. The van der Waals surface area contributed by atoms with E-state index in [-0.39, 0.29) is 35.5 Å². The van der Waals surface area contributed by atoms with Crippen molar-refractivity contribution in [2.24, 2.45) is 11.8 Å². The highest BCUT2D eigenvalue weighted by Gasteiger charge is 2.34. The lowest BCUT2D eigenvalue weighted by atomic mass is 9.77. The van der Waals surface area contributed by atoms with E-state index in [9.17, 15) is 18.7 Å². The average molecular weight is 597 g/mol. The SMILES string of the molecule is CC(C)(O)C1CCC(Nc2ncc3nc(Nc4ccc(F)cc4F)n(C4CCC(C(=O)N5CCNCC5)CC4)c3n2)CC1. The van der Waals surface area contributed by atoms with Crippen molar-refractivity contribution in [1.82, 2.24) is 29.7 Å². The number of rotatable bonds is 7. The van der Waals surface area contributed by atoms with Crippen molar-refractivity contribution < 1.29 is 18.7 Å². The van der Waals surface area contributed by atoms with E-state index in [1.54, 1.807) is 6.20 Å². The molecule has 12 heteroatoms. The summed E-state index contributed by atoms with van der Waals surface area (Å²) in [4.78, 5) is 29.3. The third-order valence-electron chi connectivity index (χ3n) is 9.51. The van der Waals surface area contributed by atoms with E-state index < -0.39 is 17.2 Å². The van der Waals surface area contributed by atoms with Gasteiger partial charge in [0.15, 0.2) is 5.65 Å². The Morgan fingerprint density at radius 1 is 1.02 bits per heavy atom. The zero-order chi connectivity index (χ0) is 30.1. The lowest BCUT2D eigenvalue weighted by Crippen LogP contribution is -2.48. The van der Waals surface area contributed by atoms with Gasteiger partial charge in [0.1, 0.15) is 17.2 Å². The molecule has 0 unspecified atom stereocenters. The van der Waals surface area contributed by atoms with Crippen LogP contribution in [0.1, 0.15) is 71.3 Å². The lowest BCUT2D eigenvalue weighted by molar-refractivity contribution is -0.137. The molecule has 43 heavy (non-hydrogen) atoms. The van der Waals surface area contributed by atoms with Crippen LogP contribution in [0.4, 0.5) is 26.4 Å². The van der Waals surface area contributed by atoms with Gasteiger partial charge in [-0.1, -0.05) is 0 Å². The standard InChI is InChI=1S/C31H42F2N8O2/c1-31(2,43)20-5-8-22(9-6-20)36-29-35-18-26-27(39-29)41(30(38-26)37-25-12-7-21(32)17-24(25)33)23-10-3-19(4-11-23)28(42)40-15-13-34-14-16-40/h7,12,17-20,22-23,34,43H,3-6,8-11,13-16H2,1-2H3,(H,37,38)(H,35,36,39).